The second kappa shape index (κ2) is 8.18. The number of anilines is 2. The fourth-order valence-corrected chi connectivity index (χ4v) is 3.46. The lowest BCUT2D eigenvalue weighted by molar-refractivity contribution is -0.115. The van der Waals surface area contributed by atoms with Crippen LogP contribution in [0.25, 0.3) is 0 Å². The summed E-state index contributed by atoms with van der Waals surface area (Å²) in [6, 6.07) is 9.02. The Hall–Kier alpha value is -3.26. The number of nitrogens with one attached hydrogen (secondary N) is 1. The first-order valence-electron chi connectivity index (χ1n) is 8.53. The third-order valence-electron chi connectivity index (χ3n) is 3.97. The SMILES string of the molecule is CC(=O)c1c[nH]c(C(=O)OCc2csc(N(C(C)=O)c3cccc(C)c3)n2)c1. The minimum absolute atomic E-state index is 0.0384. The van der Waals surface area contributed by atoms with Crippen LogP contribution in [0.2, 0.25) is 0 Å². The number of aromatic amines is 1. The summed E-state index contributed by atoms with van der Waals surface area (Å²) in [7, 11) is 0. The van der Waals surface area contributed by atoms with Crippen molar-refractivity contribution in [2.75, 3.05) is 4.90 Å². The van der Waals surface area contributed by atoms with E-state index in [1.54, 1.807) is 5.38 Å². The van der Waals surface area contributed by atoms with Crippen LogP contribution in [0.3, 0.4) is 0 Å². The molecule has 0 fully saturated rings. The molecule has 8 heteroatoms. The summed E-state index contributed by atoms with van der Waals surface area (Å²) in [6.07, 6.45) is 1.46. The normalized spacial score (nSPS) is 10.5. The lowest BCUT2D eigenvalue weighted by atomic mass is 10.2. The van der Waals surface area contributed by atoms with Gasteiger partial charge in [0.15, 0.2) is 10.9 Å². The Morgan fingerprint density at radius 3 is 2.64 bits per heavy atom. The summed E-state index contributed by atoms with van der Waals surface area (Å²) in [6.45, 7) is 4.81. The van der Waals surface area contributed by atoms with Gasteiger partial charge in [0.1, 0.15) is 12.3 Å². The Balaban J connectivity index is 1.71. The van der Waals surface area contributed by atoms with Crippen LogP contribution < -0.4 is 4.90 Å². The molecule has 3 aromatic rings. The van der Waals surface area contributed by atoms with E-state index < -0.39 is 5.97 Å². The van der Waals surface area contributed by atoms with Crippen molar-refractivity contribution in [3.05, 3.63) is 64.4 Å². The van der Waals surface area contributed by atoms with E-state index in [1.807, 2.05) is 31.2 Å². The highest BCUT2D eigenvalue weighted by Gasteiger charge is 2.19. The van der Waals surface area contributed by atoms with Gasteiger partial charge in [-0.25, -0.2) is 9.78 Å². The second-order valence-corrected chi connectivity index (χ2v) is 7.09. The number of amides is 1. The van der Waals surface area contributed by atoms with E-state index in [9.17, 15) is 14.4 Å². The number of hydrogen-bond acceptors (Lipinski definition) is 6. The first-order valence-corrected chi connectivity index (χ1v) is 9.41. The number of thiazole rings is 1. The Bertz CT molecular complexity index is 1040. The van der Waals surface area contributed by atoms with Crippen molar-refractivity contribution in [2.45, 2.75) is 27.4 Å². The van der Waals surface area contributed by atoms with Crippen LogP contribution >= 0.6 is 11.3 Å². The van der Waals surface area contributed by atoms with Gasteiger partial charge in [-0.05, 0) is 37.6 Å². The molecular formula is C20H19N3O4S. The van der Waals surface area contributed by atoms with E-state index in [2.05, 4.69) is 9.97 Å². The minimum atomic E-state index is -0.579. The van der Waals surface area contributed by atoms with Gasteiger partial charge in [-0.2, -0.15) is 0 Å². The molecule has 28 heavy (non-hydrogen) atoms. The highest BCUT2D eigenvalue weighted by Crippen LogP contribution is 2.29. The molecule has 1 N–H and O–H groups in total. The highest BCUT2D eigenvalue weighted by molar-refractivity contribution is 7.14. The van der Waals surface area contributed by atoms with Gasteiger partial charge in [-0.1, -0.05) is 12.1 Å². The van der Waals surface area contributed by atoms with Gasteiger partial charge in [0.25, 0.3) is 0 Å². The monoisotopic (exact) mass is 397 g/mol. The van der Waals surface area contributed by atoms with E-state index in [4.69, 9.17) is 4.74 Å². The van der Waals surface area contributed by atoms with Crippen molar-refractivity contribution in [3.63, 3.8) is 0 Å². The van der Waals surface area contributed by atoms with E-state index in [-0.39, 0.29) is 24.0 Å². The average Bonchev–Trinajstić information content (AvgIpc) is 3.29. The van der Waals surface area contributed by atoms with E-state index in [0.717, 1.165) is 11.3 Å². The minimum Gasteiger partial charge on any atom is -0.454 e. The number of aryl methyl sites for hydroxylation is 1. The molecule has 0 aliphatic rings. The fourth-order valence-electron chi connectivity index (χ4n) is 2.59. The van der Waals surface area contributed by atoms with Crippen molar-refractivity contribution >= 4 is 39.8 Å². The van der Waals surface area contributed by atoms with Gasteiger partial charge >= 0.3 is 5.97 Å². The zero-order valence-electron chi connectivity index (χ0n) is 15.7. The molecule has 0 saturated heterocycles. The van der Waals surface area contributed by atoms with Gasteiger partial charge in [0.2, 0.25) is 5.91 Å². The molecule has 0 aliphatic heterocycles. The first kappa shape index (κ1) is 19.5. The number of benzene rings is 1. The maximum Gasteiger partial charge on any atom is 0.355 e. The predicted octanol–water partition coefficient (Wildman–Crippen LogP) is 4.02. The lowest BCUT2D eigenvalue weighted by Gasteiger charge is -2.18. The van der Waals surface area contributed by atoms with Crippen molar-refractivity contribution < 1.29 is 19.1 Å². The van der Waals surface area contributed by atoms with Gasteiger partial charge in [-0.15, -0.1) is 11.3 Å². The Labute approximate surface area is 166 Å². The van der Waals surface area contributed by atoms with Gasteiger partial charge < -0.3 is 9.72 Å². The van der Waals surface area contributed by atoms with Crippen molar-refractivity contribution in [1.29, 1.82) is 0 Å². The molecule has 2 heterocycles. The summed E-state index contributed by atoms with van der Waals surface area (Å²) in [5, 5.41) is 2.24. The number of rotatable bonds is 6. The van der Waals surface area contributed by atoms with Gasteiger partial charge in [-0.3, -0.25) is 14.5 Å². The molecule has 0 saturated carbocycles. The Morgan fingerprint density at radius 1 is 1.21 bits per heavy atom. The number of Topliss-reactive ketones (excluding diaryl/α,β-unsaturated/α-hetero) is 1. The molecular weight excluding hydrogens is 378 g/mol. The number of carbonyl (C=O) groups excluding carboxylic acids is 3. The Kier molecular flexibility index (Phi) is 5.70. The van der Waals surface area contributed by atoms with Crippen LogP contribution in [0.4, 0.5) is 10.8 Å². The van der Waals surface area contributed by atoms with Crippen molar-refractivity contribution in [3.8, 4) is 0 Å². The number of esters is 1. The van der Waals surface area contributed by atoms with Crippen LogP contribution in [-0.2, 0) is 16.1 Å². The predicted molar refractivity (Wildman–Crippen MR) is 106 cm³/mol. The van der Waals surface area contributed by atoms with Crippen molar-refractivity contribution in [2.24, 2.45) is 0 Å². The molecule has 2 aromatic heterocycles. The molecule has 0 aliphatic carbocycles. The molecule has 0 radical (unpaired) electrons. The number of H-pyrrole nitrogens is 1. The average molecular weight is 397 g/mol. The maximum absolute atomic E-state index is 12.1. The summed E-state index contributed by atoms with van der Waals surface area (Å²) < 4.78 is 5.24. The van der Waals surface area contributed by atoms with Crippen LogP contribution in [0.5, 0.6) is 0 Å². The molecule has 3 rings (SSSR count). The molecule has 0 atom stereocenters. The van der Waals surface area contributed by atoms with Crippen molar-refractivity contribution in [1.82, 2.24) is 9.97 Å². The van der Waals surface area contributed by atoms with E-state index >= 15 is 0 Å². The van der Waals surface area contributed by atoms with Crippen LogP contribution in [0, 0.1) is 6.92 Å². The topological polar surface area (TPSA) is 92.4 Å². The lowest BCUT2D eigenvalue weighted by Crippen LogP contribution is -2.22. The molecule has 0 bridgehead atoms. The zero-order chi connectivity index (χ0) is 20.3. The van der Waals surface area contributed by atoms with Crippen LogP contribution in [0.1, 0.15) is 46.0 Å². The largest absolute Gasteiger partial charge is 0.454 e. The summed E-state index contributed by atoms with van der Waals surface area (Å²) in [5.74, 6) is -0.879. The highest BCUT2D eigenvalue weighted by atomic mass is 32.1. The Morgan fingerprint density at radius 2 is 2.00 bits per heavy atom. The summed E-state index contributed by atoms with van der Waals surface area (Å²) >= 11 is 1.29. The van der Waals surface area contributed by atoms with E-state index in [0.29, 0.717) is 16.4 Å². The number of aromatic nitrogens is 2. The molecule has 144 valence electrons. The maximum atomic E-state index is 12.1. The third kappa shape index (κ3) is 4.34. The van der Waals surface area contributed by atoms with Gasteiger partial charge in [0, 0.05) is 24.1 Å². The standard InChI is InChI=1S/C20H19N3O4S/c1-12-5-4-6-17(7-12)23(14(3)25)20-22-16(11-28-20)10-27-19(26)18-8-15(9-21-18)13(2)24/h4-9,11,21H,10H2,1-3H3. The molecule has 0 spiro atoms. The smallest absolute Gasteiger partial charge is 0.355 e. The number of ketones is 1. The van der Waals surface area contributed by atoms with Crippen LogP contribution in [-0.4, -0.2) is 27.6 Å². The molecule has 1 amide bonds. The number of nitrogens with zero attached hydrogens (tertiary/aromatic N) is 2. The number of ether oxygens (including phenoxy) is 1. The molecule has 1 aromatic carbocycles. The summed E-state index contributed by atoms with van der Waals surface area (Å²) in [4.78, 5) is 44.2. The molecule has 7 nitrogen and oxygen atoms in total. The summed E-state index contributed by atoms with van der Waals surface area (Å²) in [5.41, 5.74) is 2.91. The van der Waals surface area contributed by atoms with E-state index in [1.165, 1.54) is 42.3 Å². The fraction of sp³-hybridized carbons (Fsp3) is 0.200. The number of hydrogen-bond donors (Lipinski definition) is 1. The number of carbonyl (C=O) groups is 3. The first-order chi connectivity index (χ1) is 13.3. The van der Waals surface area contributed by atoms with Crippen LogP contribution in [0.15, 0.2) is 41.9 Å². The molecule has 0 unspecified atom stereocenters. The second-order valence-electron chi connectivity index (χ2n) is 6.25. The van der Waals surface area contributed by atoms with Gasteiger partial charge in [0.05, 0.1) is 11.4 Å². The third-order valence-corrected chi connectivity index (χ3v) is 4.84. The zero-order valence-corrected chi connectivity index (χ0v) is 16.5. The quantitative estimate of drug-likeness (QED) is 0.501.